The highest BCUT2D eigenvalue weighted by Crippen LogP contribution is 2.59. The number of pyridine rings is 1. The minimum Gasteiger partial charge on any atom is -0.464 e. The first kappa shape index (κ1) is 45.1. The summed E-state index contributed by atoms with van der Waals surface area (Å²) in [5.74, 6) is 4.65. The van der Waals surface area contributed by atoms with Gasteiger partial charge in [-0.3, -0.25) is 34.1 Å². The second-order valence-corrected chi connectivity index (χ2v) is 21.0. The van der Waals surface area contributed by atoms with E-state index in [2.05, 4.69) is 79.0 Å². The van der Waals surface area contributed by atoms with Gasteiger partial charge in [0.25, 0.3) is 11.8 Å². The van der Waals surface area contributed by atoms with Crippen LogP contribution in [-0.4, -0.2) is 130 Å². The molecule has 342 valence electrons. The molecule has 1 aliphatic carbocycles. The van der Waals surface area contributed by atoms with Crippen molar-refractivity contribution in [3.8, 4) is 34.2 Å². The number of methoxy groups -OCH3 is 1. The highest BCUT2D eigenvalue weighted by Gasteiger charge is 2.65. The van der Waals surface area contributed by atoms with Crippen LogP contribution in [-0.2, 0) is 46.4 Å². The number of ether oxygens (including phenoxy) is 3. The van der Waals surface area contributed by atoms with Gasteiger partial charge in [0.05, 0.1) is 41.5 Å². The normalized spacial score (nSPS) is 25.1. The first-order chi connectivity index (χ1) is 31.1. The molecule has 5 atom stereocenters. The number of fused-ring (bicyclic) bond motifs is 8. The number of Topliss-reactive ketones (excluding diaryl/α,β-unsaturated/α-hetero) is 1. The molecule has 2 aromatic carbocycles. The van der Waals surface area contributed by atoms with Gasteiger partial charge >= 0.3 is 5.97 Å². The molecule has 6 bridgehead atoms. The second-order valence-electron chi connectivity index (χ2n) is 19.6. The molecule has 3 fully saturated rings. The summed E-state index contributed by atoms with van der Waals surface area (Å²) in [5, 5.41) is 2.07. The second kappa shape index (κ2) is 17.3. The predicted octanol–water partition coefficient (Wildman–Crippen LogP) is 6.18. The molecule has 3 unspecified atom stereocenters. The number of ketones is 1. The van der Waals surface area contributed by atoms with E-state index in [9.17, 15) is 19.2 Å². The Morgan fingerprint density at radius 3 is 2.62 bits per heavy atom. The summed E-state index contributed by atoms with van der Waals surface area (Å²) in [6.45, 7) is 12.6. The number of nitrogens with one attached hydrogen (secondary N) is 1. The molecular weight excluding hydrogens is 841 g/mol. The molecule has 1 N–H and O–H groups in total. The number of carbonyl (C=O) groups is 4. The number of hydrogen-bond donors (Lipinski definition) is 1. The molecule has 2 amide bonds. The highest BCUT2D eigenvalue weighted by molar-refractivity contribution is 8.10. The third-order valence-corrected chi connectivity index (χ3v) is 15.9. The van der Waals surface area contributed by atoms with Crippen LogP contribution in [0.4, 0.5) is 0 Å². The third-order valence-electron chi connectivity index (χ3n) is 14.3. The molecule has 0 radical (unpaired) electrons. The van der Waals surface area contributed by atoms with Gasteiger partial charge in [-0.1, -0.05) is 50.1 Å². The van der Waals surface area contributed by atoms with Crippen LogP contribution in [0, 0.1) is 17.3 Å². The Morgan fingerprint density at radius 1 is 1.08 bits per heavy atom. The molecule has 14 heteroatoms. The van der Waals surface area contributed by atoms with Gasteiger partial charge in [-0.15, -0.1) is 11.8 Å². The number of likely N-dealkylation sites (tertiary alicyclic amines) is 1. The average molecular weight is 901 g/mol. The maximum Gasteiger partial charge on any atom is 0.324 e. The Kier molecular flexibility index (Phi) is 12.0. The smallest absolute Gasteiger partial charge is 0.324 e. The highest BCUT2D eigenvalue weighted by atomic mass is 32.2. The molecule has 13 nitrogen and oxygen atoms in total. The number of rotatable bonds is 8. The van der Waals surface area contributed by atoms with E-state index < -0.39 is 39.1 Å². The number of carbonyl (C=O) groups excluding carboxylic acids is 4. The Hall–Kier alpha value is -5.04. The van der Waals surface area contributed by atoms with Crippen LogP contribution < -0.4 is 5.43 Å². The van der Waals surface area contributed by atoms with Crippen molar-refractivity contribution < 1.29 is 33.4 Å². The van der Waals surface area contributed by atoms with E-state index in [1.165, 1.54) is 11.8 Å². The van der Waals surface area contributed by atoms with Gasteiger partial charge in [0.15, 0.2) is 0 Å². The number of cyclic esters (lactones) is 1. The summed E-state index contributed by atoms with van der Waals surface area (Å²) in [6, 6.07) is 18.3. The minimum atomic E-state index is -1.06. The number of amides is 2. The lowest BCUT2D eigenvalue weighted by Gasteiger charge is -2.42. The van der Waals surface area contributed by atoms with Crippen molar-refractivity contribution >= 4 is 46.2 Å². The number of aryl methyl sites for hydroxylation is 1. The lowest BCUT2D eigenvalue weighted by Crippen LogP contribution is -2.59. The number of hydrazine groups is 1. The maximum atomic E-state index is 14.8. The summed E-state index contributed by atoms with van der Waals surface area (Å²) in [4.78, 5) is 64.1. The van der Waals surface area contributed by atoms with E-state index in [0.29, 0.717) is 38.9 Å². The van der Waals surface area contributed by atoms with Crippen LogP contribution >= 0.6 is 11.8 Å². The van der Waals surface area contributed by atoms with Gasteiger partial charge in [-0.05, 0) is 107 Å². The predicted molar refractivity (Wildman–Crippen MR) is 251 cm³/mol. The van der Waals surface area contributed by atoms with Gasteiger partial charge in [0.1, 0.15) is 22.7 Å². The van der Waals surface area contributed by atoms with E-state index in [0.717, 1.165) is 56.7 Å². The van der Waals surface area contributed by atoms with Gasteiger partial charge in [-0.25, -0.2) is 5.43 Å². The molecule has 0 saturated carbocycles. The van der Waals surface area contributed by atoms with Gasteiger partial charge in [0.2, 0.25) is 0 Å². The average Bonchev–Trinajstić information content (AvgIpc) is 3.92. The van der Waals surface area contributed by atoms with Crippen molar-refractivity contribution in [2.45, 2.75) is 107 Å². The summed E-state index contributed by atoms with van der Waals surface area (Å²) < 4.78 is 20.0. The summed E-state index contributed by atoms with van der Waals surface area (Å²) in [7, 11) is 5.58. The quantitative estimate of drug-likeness (QED) is 0.124. The van der Waals surface area contributed by atoms with E-state index >= 15 is 0 Å². The van der Waals surface area contributed by atoms with Crippen molar-refractivity contribution in [2.75, 3.05) is 54.1 Å². The standard InChI is InChI=1S/C51H60N6O7S/c1-9-56-38-18-17-33-26-36(38)41-42(45(62-8)43-35(44(41)56)15-11-22-52-43)49(2,3)30-64-47(60)37-16-12-23-57(53-37)48(61)51(27-31-13-10-14-32(33)25-31)46(65-51)39(58)20-24-63-34-28-55(29-34)40(59)19-21-50(4,5)54(6)7/h10-11,13-15,17-18,22,25-26,34,37,42,45-46,53H,9,12,16,20,23-24,27-30H2,1-8H3/t37-,42?,45-,46?,51?/m0/s1. The zero-order chi connectivity index (χ0) is 46.0. The van der Waals surface area contributed by atoms with E-state index in [1.54, 1.807) is 17.0 Å². The third kappa shape index (κ3) is 8.18. The van der Waals surface area contributed by atoms with Crippen molar-refractivity contribution in [3.05, 3.63) is 77.6 Å². The number of hydrogen-bond acceptors (Lipinski definition) is 11. The fourth-order valence-electron chi connectivity index (χ4n) is 10.1. The number of nitrogens with zero attached hydrogens (tertiary/aromatic N) is 5. The Labute approximate surface area is 385 Å². The molecule has 4 aromatic rings. The monoisotopic (exact) mass is 900 g/mol. The minimum absolute atomic E-state index is 0.0581. The summed E-state index contributed by atoms with van der Waals surface area (Å²) >= 11 is 1.38. The van der Waals surface area contributed by atoms with Crippen LogP contribution in [0.5, 0.6) is 0 Å². The van der Waals surface area contributed by atoms with Crippen molar-refractivity contribution in [1.82, 2.24) is 29.8 Å². The lowest BCUT2D eigenvalue weighted by molar-refractivity contribution is -0.156. The number of aromatic nitrogens is 2. The first-order valence-electron chi connectivity index (χ1n) is 22.9. The summed E-state index contributed by atoms with van der Waals surface area (Å²) in [5.41, 5.74) is 10.4. The largest absolute Gasteiger partial charge is 0.464 e. The molecule has 5 aliphatic rings. The topological polar surface area (TPSA) is 136 Å². The Balaban J connectivity index is 1.01. The molecule has 4 aliphatic heterocycles. The number of thioether (sulfide) groups is 1. The molecule has 3 saturated heterocycles. The fourth-order valence-corrected chi connectivity index (χ4v) is 11.5. The van der Waals surface area contributed by atoms with Crippen LogP contribution in [0.3, 0.4) is 0 Å². The van der Waals surface area contributed by atoms with Gasteiger partial charge in [0, 0.05) is 73.7 Å². The van der Waals surface area contributed by atoms with E-state index in [4.69, 9.17) is 19.2 Å². The molecular formula is C51H60N6O7S. The molecule has 9 rings (SSSR count). The van der Waals surface area contributed by atoms with Crippen LogP contribution in [0.1, 0.15) is 82.7 Å². The van der Waals surface area contributed by atoms with Crippen molar-refractivity contribution in [1.29, 1.82) is 0 Å². The molecule has 6 heterocycles. The number of benzene rings is 2. The van der Waals surface area contributed by atoms with Crippen LogP contribution in [0.2, 0.25) is 0 Å². The molecule has 65 heavy (non-hydrogen) atoms. The Morgan fingerprint density at radius 2 is 1.86 bits per heavy atom. The van der Waals surface area contributed by atoms with Crippen LogP contribution in [0.15, 0.2) is 60.8 Å². The van der Waals surface area contributed by atoms with Crippen LogP contribution in [0.25, 0.3) is 33.3 Å². The van der Waals surface area contributed by atoms with Gasteiger partial charge in [-0.2, -0.15) is 0 Å². The zero-order valence-electron chi connectivity index (χ0n) is 38.7. The lowest BCUT2D eigenvalue weighted by atomic mass is 9.67. The maximum absolute atomic E-state index is 14.8. The SMILES string of the molecule is CCn1c2c3c4cc(ccc41)-c1cccc(c1)CC1(SC1C(=O)CCOC1CN(C(=O)C#CC(C)(C)N(C)C)C1)C(=O)N1CCC[C@H](N1)C(=O)OCC(C)(C)C3[C@H](OC)c1ncccc1-2. The number of esters is 1. The van der Waals surface area contributed by atoms with Gasteiger partial charge < -0.3 is 23.7 Å². The van der Waals surface area contributed by atoms with Crippen molar-refractivity contribution in [2.24, 2.45) is 5.41 Å². The summed E-state index contributed by atoms with van der Waals surface area (Å²) in [6.07, 6.45) is 2.81. The first-order valence-corrected chi connectivity index (χ1v) is 23.7. The van der Waals surface area contributed by atoms with E-state index in [-0.39, 0.29) is 49.3 Å². The molecule has 2 aromatic heterocycles. The molecule has 1 spiro atoms. The fraction of sp³-hybridized carbons (Fsp3) is 0.510. The van der Waals surface area contributed by atoms with E-state index in [1.807, 2.05) is 57.2 Å². The Bertz CT molecular complexity index is 2620. The van der Waals surface area contributed by atoms with Crippen molar-refractivity contribution in [3.63, 3.8) is 0 Å². The zero-order valence-corrected chi connectivity index (χ0v) is 39.5.